The maximum Gasteiger partial charge on any atom is 0.265 e. The van der Waals surface area contributed by atoms with Crippen LogP contribution in [-0.2, 0) is 4.79 Å². The Balaban J connectivity index is 1.61. The Morgan fingerprint density at radius 2 is 1.78 bits per heavy atom. The van der Waals surface area contributed by atoms with Crippen LogP contribution in [0, 0.1) is 0 Å². The molecule has 0 saturated carbocycles. The van der Waals surface area contributed by atoms with Gasteiger partial charge in [0.1, 0.15) is 5.75 Å². The van der Waals surface area contributed by atoms with Crippen LogP contribution in [0.5, 0.6) is 5.75 Å². The molecule has 1 heterocycles. The molecule has 1 unspecified atom stereocenters. The molecule has 0 radical (unpaired) electrons. The van der Waals surface area contributed by atoms with Crippen molar-refractivity contribution in [2.24, 2.45) is 0 Å². The van der Waals surface area contributed by atoms with E-state index in [-0.39, 0.29) is 11.8 Å². The summed E-state index contributed by atoms with van der Waals surface area (Å²) in [5, 5.41) is 3.42. The Kier molecular flexibility index (Phi) is 6.35. The summed E-state index contributed by atoms with van der Waals surface area (Å²) < 4.78 is 5.63. The van der Waals surface area contributed by atoms with Crippen molar-refractivity contribution in [3.63, 3.8) is 0 Å². The molecule has 1 aliphatic rings. The van der Waals surface area contributed by atoms with Crippen LogP contribution < -0.4 is 10.1 Å². The number of halogens is 1. The van der Waals surface area contributed by atoms with Crippen LogP contribution in [0.2, 0.25) is 5.02 Å². The topological polar surface area (TPSA) is 58.6 Å². The highest BCUT2D eigenvalue weighted by atomic mass is 35.5. The number of nitrogens with one attached hydrogen (secondary N) is 1. The standard InChI is InChI=1S/C21H23ClN2O3/c1-15(27-19-10-8-17(22)9-11-19)20(25)23-18-7-5-6-16(14-18)21(26)24-12-3-2-4-13-24/h5-11,14-15H,2-4,12-13H2,1H3,(H,23,25). The van der Waals surface area contributed by atoms with Gasteiger partial charge in [-0.15, -0.1) is 0 Å². The molecule has 142 valence electrons. The lowest BCUT2D eigenvalue weighted by atomic mass is 10.1. The summed E-state index contributed by atoms with van der Waals surface area (Å²) >= 11 is 5.85. The van der Waals surface area contributed by atoms with E-state index in [1.165, 1.54) is 6.42 Å². The number of hydrogen-bond acceptors (Lipinski definition) is 3. The molecule has 0 bridgehead atoms. The average Bonchev–Trinajstić information content (AvgIpc) is 2.70. The summed E-state index contributed by atoms with van der Waals surface area (Å²) in [7, 11) is 0. The number of likely N-dealkylation sites (tertiary alicyclic amines) is 1. The van der Waals surface area contributed by atoms with Crippen molar-refractivity contribution in [1.82, 2.24) is 4.90 Å². The summed E-state index contributed by atoms with van der Waals surface area (Å²) in [6, 6.07) is 13.9. The fourth-order valence-corrected chi connectivity index (χ4v) is 3.15. The fourth-order valence-electron chi connectivity index (χ4n) is 3.02. The molecule has 1 fully saturated rings. The number of ether oxygens (including phenoxy) is 1. The van der Waals surface area contributed by atoms with Crippen LogP contribution >= 0.6 is 11.6 Å². The van der Waals surface area contributed by atoms with Gasteiger partial charge in [0.25, 0.3) is 11.8 Å². The Labute approximate surface area is 164 Å². The van der Waals surface area contributed by atoms with E-state index in [1.807, 2.05) is 4.90 Å². The second kappa shape index (κ2) is 8.91. The van der Waals surface area contributed by atoms with Gasteiger partial charge in [-0.25, -0.2) is 0 Å². The summed E-state index contributed by atoms with van der Waals surface area (Å²) in [5.41, 5.74) is 1.16. The summed E-state index contributed by atoms with van der Waals surface area (Å²) in [5.74, 6) is 0.292. The zero-order chi connectivity index (χ0) is 19.2. The fraction of sp³-hybridized carbons (Fsp3) is 0.333. The van der Waals surface area contributed by atoms with Crippen LogP contribution in [0.25, 0.3) is 0 Å². The van der Waals surface area contributed by atoms with E-state index in [9.17, 15) is 9.59 Å². The summed E-state index contributed by atoms with van der Waals surface area (Å²) in [6.45, 7) is 3.26. The van der Waals surface area contributed by atoms with Gasteiger partial charge in [-0.2, -0.15) is 0 Å². The zero-order valence-electron chi connectivity index (χ0n) is 15.3. The predicted octanol–water partition coefficient (Wildman–Crippen LogP) is 4.37. The second-order valence-electron chi connectivity index (χ2n) is 6.64. The molecular weight excluding hydrogens is 364 g/mol. The molecule has 1 aliphatic heterocycles. The molecule has 1 N–H and O–H groups in total. The molecule has 3 rings (SSSR count). The number of carbonyl (C=O) groups is 2. The molecule has 1 atom stereocenters. The molecular formula is C21H23ClN2O3. The van der Waals surface area contributed by atoms with Crippen LogP contribution in [-0.4, -0.2) is 35.9 Å². The lowest BCUT2D eigenvalue weighted by Crippen LogP contribution is -2.35. The van der Waals surface area contributed by atoms with Gasteiger partial charge >= 0.3 is 0 Å². The van der Waals surface area contributed by atoms with E-state index in [0.717, 1.165) is 25.9 Å². The number of piperidine rings is 1. The van der Waals surface area contributed by atoms with Crippen molar-refractivity contribution < 1.29 is 14.3 Å². The lowest BCUT2D eigenvalue weighted by molar-refractivity contribution is -0.122. The quantitative estimate of drug-likeness (QED) is 0.829. The molecule has 1 saturated heterocycles. The Hall–Kier alpha value is -2.53. The number of amides is 2. The maximum absolute atomic E-state index is 12.6. The number of benzene rings is 2. The predicted molar refractivity (Wildman–Crippen MR) is 106 cm³/mol. The summed E-state index contributed by atoms with van der Waals surface area (Å²) in [6.07, 6.45) is 2.57. The van der Waals surface area contributed by atoms with Gasteiger partial charge in [0.15, 0.2) is 6.10 Å². The van der Waals surface area contributed by atoms with Gasteiger partial charge in [-0.05, 0) is 68.7 Å². The first-order valence-electron chi connectivity index (χ1n) is 9.15. The number of nitrogens with zero attached hydrogens (tertiary/aromatic N) is 1. The minimum absolute atomic E-state index is 0.0104. The van der Waals surface area contributed by atoms with E-state index in [0.29, 0.717) is 22.0 Å². The van der Waals surface area contributed by atoms with Crippen molar-refractivity contribution >= 4 is 29.1 Å². The minimum atomic E-state index is -0.687. The number of anilines is 1. The Morgan fingerprint density at radius 1 is 1.07 bits per heavy atom. The SMILES string of the molecule is CC(Oc1ccc(Cl)cc1)C(=O)Nc1cccc(C(=O)N2CCCCC2)c1. The number of rotatable bonds is 5. The third-order valence-electron chi connectivity index (χ3n) is 4.52. The largest absolute Gasteiger partial charge is 0.481 e. The van der Waals surface area contributed by atoms with Crippen molar-refractivity contribution in [3.05, 3.63) is 59.1 Å². The molecule has 5 nitrogen and oxygen atoms in total. The van der Waals surface area contributed by atoms with Gasteiger partial charge in [0.05, 0.1) is 0 Å². The van der Waals surface area contributed by atoms with Crippen LogP contribution in [0.1, 0.15) is 36.5 Å². The average molecular weight is 387 g/mol. The minimum Gasteiger partial charge on any atom is -0.481 e. The highest BCUT2D eigenvalue weighted by Gasteiger charge is 2.19. The van der Waals surface area contributed by atoms with E-state index < -0.39 is 6.10 Å². The Bertz CT molecular complexity index is 801. The molecule has 0 spiro atoms. The van der Waals surface area contributed by atoms with Gasteiger partial charge in [-0.3, -0.25) is 9.59 Å². The number of hydrogen-bond donors (Lipinski definition) is 1. The highest BCUT2D eigenvalue weighted by Crippen LogP contribution is 2.19. The molecule has 27 heavy (non-hydrogen) atoms. The van der Waals surface area contributed by atoms with Crippen molar-refractivity contribution in [3.8, 4) is 5.75 Å². The lowest BCUT2D eigenvalue weighted by Gasteiger charge is -2.26. The van der Waals surface area contributed by atoms with Gasteiger partial charge in [0.2, 0.25) is 0 Å². The van der Waals surface area contributed by atoms with Gasteiger partial charge < -0.3 is 15.0 Å². The molecule has 2 aromatic carbocycles. The van der Waals surface area contributed by atoms with Crippen molar-refractivity contribution in [2.75, 3.05) is 18.4 Å². The van der Waals surface area contributed by atoms with E-state index in [1.54, 1.807) is 55.5 Å². The third-order valence-corrected chi connectivity index (χ3v) is 4.77. The number of carbonyl (C=O) groups excluding carboxylic acids is 2. The smallest absolute Gasteiger partial charge is 0.265 e. The third kappa shape index (κ3) is 5.23. The Morgan fingerprint density at radius 3 is 2.48 bits per heavy atom. The van der Waals surface area contributed by atoms with Crippen LogP contribution in [0.15, 0.2) is 48.5 Å². The van der Waals surface area contributed by atoms with Crippen LogP contribution in [0.4, 0.5) is 5.69 Å². The molecule has 0 aliphatic carbocycles. The van der Waals surface area contributed by atoms with Crippen molar-refractivity contribution in [2.45, 2.75) is 32.3 Å². The normalized spacial score (nSPS) is 15.1. The second-order valence-corrected chi connectivity index (χ2v) is 7.07. The maximum atomic E-state index is 12.6. The van der Waals surface area contributed by atoms with E-state index >= 15 is 0 Å². The molecule has 0 aromatic heterocycles. The first-order valence-corrected chi connectivity index (χ1v) is 9.53. The molecule has 2 aromatic rings. The summed E-state index contributed by atoms with van der Waals surface area (Å²) in [4.78, 5) is 26.9. The monoisotopic (exact) mass is 386 g/mol. The highest BCUT2D eigenvalue weighted by molar-refractivity contribution is 6.30. The first-order chi connectivity index (χ1) is 13.0. The van der Waals surface area contributed by atoms with Gasteiger partial charge in [-0.1, -0.05) is 17.7 Å². The van der Waals surface area contributed by atoms with Crippen LogP contribution in [0.3, 0.4) is 0 Å². The first kappa shape index (κ1) is 19.2. The molecule has 6 heteroatoms. The van der Waals surface area contributed by atoms with Gasteiger partial charge in [0, 0.05) is 29.4 Å². The van der Waals surface area contributed by atoms with E-state index in [4.69, 9.17) is 16.3 Å². The van der Waals surface area contributed by atoms with Crippen molar-refractivity contribution in [1.29, 1.82) is 0 Å². The molecule has 2 amide bonds. The van der Waals surface area contributed by atoms with E-state index in [2.05, 4.69) is 5.32 Å². The zero-order valence-corrected chi connectivity index (χ0v) is 16.0.